The van der Waals surface area contributed by atoms with Crippen molar-refractivity contribution in [3.8, 4) is 0 Å². The Labute approximate surface area is 102 Å². The molecule has 4 heteroatoms. The molecule has 0 aliphatic heterocycles. The van der Waals surface area contributed by atoms with Crippen molar-refractivity contribution in [2.45, 2.75) is 45.1 Å². The largest absolute Gasteiger partial charge is 0.351 e. The highest BCUT2D eigenvalue weighted by Gasteiger charge is 2.22. The minimum Gasteiger partial charge on any atom is -0.351 e. The van der Waals surface area contributed by atoms with Gasteiger partial charge in [-0.25, -0.2) is 9.97 Å². The lowest BCUT2D eigenvalue weighted by atomic mass is 9.94. The quantitative estimate of drug-likeness (QED) is 0.811. The number of rotatable bonds is 3. The Morgan fingerprint density at radius 3 is 2.56 bits per heavy atom. The summed E-state index contributed by atoms with van der Waals surface area (Å²) in [5.74, 6) is 0.846. The Morgan fingerprint density at radius 1 is 1.25 bits per heavy atom. The second kappa shape index (κ2) is 5.48. The first-order chi connectivity index (χ1) is 7.83. The summed E-state index contributed by atoms with van der Waals surface area (Å²) in [5.41, 5.74) is 0. The first-order valence-corrected chi connectivity index (χ1v) is 6.44. The smallest absolute Gasteiger partial charge is 0.171 e. The molecule has 0 atom stereocenters. The average molecular weight is 240 g/mol. The molecule has 0 radical (unpaired) electrons. The van der Waals surface area contributed by atoms with Crippen LogP contribution in [-0.2, 0) is 0 Å². The van der Waals surface area contributed by atoms with Gasteiger partial charge < -0.3 is 4.90 Å². The van der Waals surface area contributed by atoms with E-state index in [0.29, 0.717) is 11.2 Å². The molecule has 0 bridgehead atoms. The van der Waals surface area contributed by atoms with Crippen molar-refractivity contribution in [1.82, 2.24) is 9.97 Å². The van der Waals surface area contributed by atoms with E-state index in [9.17, 15) is 0 Å². The summed E-state index contributed by atoms with van der Waals surface area (Å²) in [4.78, 5) is 10.8. The zero-order chi connectivity index (χ0) is 11.4. The normalized spacial score (nSPS) is 17.4. The van der Waals surface area contributed by atoms with E-state index >= 15 is 0 Å². The van der Waals surface area contributed by atoms with Crippen LogP contribution in [0, 0.1) is 0 Å². The SMILES string of the molecule is CCN(c1nccnc1Cl)C1CCCCC1. The zero-order valence-electron chi connectivity index (χ0n) is 9.69. The van der Waals surface area contributed by atoms with Gasteiger partial charge >= 0.3 is 0 Å². The lowest BCUT2D eigenvalue weighted by Crippen LogP contribution is -2.37. The Bertz CT molecular complexity index is 337. The Balaban J connectivity index is 2.18. The first kappa shape index (κ1) is 11.6. The topological polar surface area (TPSA) is 29.0 Å². The van der Waals surface area contributed by atoms with Gasteiger partial charge in [0.15, 0.2) is 11.0 Å². The van der Waals surface area contributed by atoms with E-state index in [0.717, 1.165) is 12.4 Å². The van der Waals surface area contributed by atoms with Crippen molar-refractivity contribution in [1.29, 1.82) is 0 Å². The van der Waals surface area contributed by atoms with Crippen LogP contribution in [-0.4, -0.2) is 22.6 Å². The zero-order valence-corrected chi connectivity index (χ0v) is 10.5. The van der Waals surface area contributed by atoms with Crippen molar-refractivity contribution < 1.29 is 0 Å². The molecular formula is C12H18ClN3. The van der Waals surface area contributed by atoms with Crippen LogP contribution in [0.25, 0.3) is 0 Å². The van der Waals surface area contributed by atoms with Gasteiger partial charge in [0, 0.05) is 25.0 Å². The number of nitrogens with zero attached hydrogens (tertiary/aromatic N) is 3. The van der Waals surface area contributed by atoms with Gasteiger partial charge in [0.05, 0.1) is 0 Å². The van der Waals surface area contributed by atoms with Gasteiger partial charge in [-0.2, -0.15) is 0 Å². The van der Waals surface area contributed by atoms with Crippen LogP contribution in [0.4, 0.5) is 5.82 Å². The highest BCUT2D eigenvalue weighted by atomic mass is 35.5. The lowest BCUT2D eigenvalue weighted by molar-refractivity contribution is 0.416. The van der Waals surface area contributed by atoms with Crippen LogP contribution < -0.4 is 4.90 Å². The van der Waals surface area contributed by atoms with E-state index in [1.54, 1.807) is 12.4 Å². The molecule has 16 heavy (non-hydrogen) atoms. The van der Waals surface area contributed by atoms with E-state index in [1.807, 2.05) is 0 Å². The number of hydrogen-bond acceptors (Lipinski definition) is 3. The highest BCUT2D eigenvalue weighted by molar-refractivity contribution is 6.31. The third-order valence-electron chi connectivity index (χ3n) is 3.26. The van der Waals surface area contributed by atoms with E-state index < -0.39 is 0 Å². The maximum Gasteiger partial charge on any atom is 0.171 e. The van der Waals surface area contributed by atoms with Crippen LogP contribution in [0.2, 0.25) is 5.15 Å². The Morgan fingerprint density at radius 2 is 1.94 bits per heavy atom. The van der Waals surface area contributed by atoms with Crippen LogP contribution >= 0.6 is 11.6 Å². The molecule has 0 unspecified atom stereocenters. The molecule has 1 saturated carbocycles. The van der Waals surface area contributed by atoms with Gasteiger partial charge in [0.1, 0.15) is 0 Å². The number of hydrogen-bond donors (Lipinski definition) is 0. The summed E-state index contributed by atoms with van der Waals surface area (Å²) in [6, 6.07) is 0.591. The molecule has 1 fully saturated rings. The van der Waals surface area contributed by atoms with Gasteiger partial charge in [-0.3, -0.25) is 0 Å². The third-order valence-corrected chi connectivity index (χ3v) is 3.53. The Hall–Kier alpha value is -0.830. The molecule has 1 aliphatic rings. The predicted octanol–water partition coefficient (Wildman–Crippen LogP) is 3.29. The second-order valence-electron chi connectivity index (χ2n) is 4.25. The lowest BCUT2D eigenvalue weighted by Gasteiger charge is -2.34. The minimum atomic E-state index is 0.523. The summed E-state index contributed by atoms with van der Waals surface area (Å²) in [6.07, 6.45) is 9.86. The van der Waals surface area contributed by atoms with Crippen molar-refractivity contribution >= 4 is 17.4 Å². The molecule has 0 amide bonds. The van der Waals surface area contributed by atoms with Crippen LogP contribution in [0.3, 0.4) is 0 Å². The summed E-state index contributed by atoms with van der Waals surface area (Å²) in [5, 5.41) is 0.523. The number of halogens is 1. The van der Waals surface area contributed by atoms with Gasteiger partial charge in [-0.1, -0.05) is 30.9 Å². The molecule has 0 spiro atoms. The summed E-state index contributed by atoms with van der Waals surface area (Å²) in [7, 11) is 0. The van der Waals surface area contributed by atoms with Crippen LogP contribution in [0.15, 0.2) is 12.4 Å². The van der Waals surface area contributed by atoms with Gasteiger partial charge in [0.25, 0.3) is 0 Å². The first-order valence-electron chi connectivity index (χ1n) is 6.06. The second-order valence-corrected chi connectivity index (χ2v) is 4.61. The molecule has 1 heterocycles. The van der Waals surface area contributed by atoms with E-state index in [2.05, 4.69) is 21.8 Å². The van der Waals surface area contributed by atoms with Crippen molar-refractivity contribution in [3.63, 3.8) is 0 Å². The molecule has 1 aromatic heterocycles. The monoisotopic (exact) mass is 239 g/mol. The fourth-order valence-electron chi connectivity index (χ4n) is 2.48. The molecule has 0 N–H and O–H groups in total. The fraction of sp³-hybridized carbons (Fsp3) is 0.667. The van der Waals surface area contributed by atoms with Crippen molar-refractivity contribution in [2.24, 2.45) is 0 Å². The van der Waals surface area contributed by atoms with Crippen LogP contribution in [0.1, 0.15) is 39.0 Å². The summed E-state index contributed by atoms with van der Waals surface area (Å²) in [6.45, 7) is 3.10. The van der Waals surface area contributed by atoms with Crippen molar-refractivity contribution in [2.75, 3.05) is 11.4 Å². The molecule has 2 rings (SSSR count). The maximum absolute atomic E-state index is 6.10. The fourth-order valence-corrected chi connectivity index (χ4v) is 2.69. The number of anilines is 1. The molecule has 3 nitrogen and oxygen atoms in total. The van der Waals surface area contributed by atoms with Crippen LogP contribution in [0.5, 0.6) is 0 Å². The summed E-state index contributed by atoms with van der Waals surface area (Å²) < 4.78 is 0. The van der Waals surface area contributed by atoms with E-state index in [4.69, 9.17) is 11.6 Å². The van der Waals surface area contributed by atoms with Crippen molar-refractivity contribution in [3.05, 3.63) is 17.5 Å². The van der Waals surface area contributed by atoms with E-state index in [-0.39, 0.29) is 0 Å². The molecule has 88 valence electrons. The molecular weight excluding hydrogens is 222 g/mol. The molecule has 1 aliphatic carbocycles. The van der Waals surface area contributed by atoms with Gasteiger partial charge in [-0.05, 0) is 19.8 Å². The standard InChI is InChI=1S/C12H18ClN3/c1-2-16(10-6-4-3-5-7-10)12-11(13)14-8-9-15-12/h8-10H,2-7H2,1H3. The summed E-state index contributed by atoms with van der Waals surface area (Å²) >= 11 is 6.10. The average Bonchev–Trinajstić information content (AvgIpc) is 2.34. The molecule has 0 saturated heterocycles. The minimum absolute atomic E-state index is 0.523. The Kier molecular flexibility index (Phi) is 3.99. The van der Waals surface area contributed by atoms with Gasteiger partial charge in [0.2, 0.25) is 0 Å². The predicted molar refractivity (Wildman–Crippen MR) is 66.9 cm³/mol. The molecule has 1 aromatic rings. The maximum atomic E-state index is 6.10. The number of aromatic nitrogens is 2. The highest BCUT2D eigenvalue weighted by Crippen LogP contribution is 2.28. The molecule has 0 aromatic carbocycles. The third kappa shape index (κ3) is 2.46. The van der Waals surface area contributed by atoms with E-state index in [1.165, 1.54) is 32.1 Å². The van der Waals surface area contributed by atoms with Gasteiger partial charge in [-0.15, -0.1) is 0 Å².